The van der Waals surface area contributed by atoms with Crippen LogP contribution in [0.15, 0.2) is 29.1 Å². The molecule has 0 saturated carbocycles. The zero-order valence-corrected chi connectivity index (χ0v) is 11.8. The Morgan fingerprint density at radius 1 is 1.33 bits per heavy atom. The van der Waals surface area contributed by atoms with Crippen molar-refractivity contribution < 1.29 is 14.6 Å². The van der Waals surface area contributed by atoms with Crippen molar-refractivity contribution >= 4 is 5.97 Å². The number of nitrogens with one attached hydrogen (secondary N) is 1. The van der Waals surface area contributed by atoms with Gasteiger partial charge in [-0.1, -0.05) is 0 Å². The van der Waals surface area contributed by atoms with Crippen LogP contribution in [0.2, 0.25) is 0 Å². The van der Waals surface area contributed by atoms with Gasteiger partial charge in [-0.25, -0.2) is 4.98 Å². The number of carboxylic acids is 1. The molecule has 1 aromatic heterocycles. The standard InChI is InChI=1S/C15H16N2O4/c1-3-21-11-6-4-10(5-7-11)14-16-9(2)12(8-13(18)19)15(20)17-14/h4-7H,3,8H2,1-2H3,(H,18,19)(H,16,17,20). The van der Waals surface area contributed by atoms with Gasteiger partial charge in [-0.15, -0.1) is 0 Å². The highest BCUT2D eigenvalue weighted by molar-refractivity contribution is 5.70. The molecule has 0 amide bonds. The van der Waals surface area contributed by atoms with Crippen LogP contribution in [0.1, 0.15) is 18.2 Å². The van der Waals surface area contributed by atoms with E-state index in [0.717, 1.165) is 11.3 Å². The van der Waals surface area contributed by atoms with Crippen LogP contribution in [-0.2, 0) is 11.2 Å². The summed E-state index contributed by atoms with van der Waals surface area (Å²) in [4.78, 5) is 29.6. The molecule has 0 radical (unpaired) electrons. The molecule has 21 heavy (non-hydrogen) atoms. The van der Waals surface area contributed by atoms with E-state index in [4.69, 9.17) is 9.84 Å². The maximum atomic E-state index is 12.0. The van der Waals surface area contributed by atoms with E-state index in [1.807, 2.05) is 6.92 Å². The van der Waals surface area contributed by atoms with Gasteiger partial charge in [-0.2, -0.15) is 0 Å². The number of ether oxygens (including phenoxy) is 1. The molecule has 110 valence electrons. The van der Waals surface area contributed by atoms with Crippen LogP contribution < -0.4 is 10.3 Å². The molecule has 1 aromatic carbocycles. The second-order valence-electron chi connectivity index (χ2n) is 4.51. The van der Waals surface area contributed by atoms with E-state index in [2.05, 4.69) is 9.97 Å². The monoisotopic (exact) mass is 288 g/mol. The van der Waals surface area contributed by atoms with Crippen molar-refractivity contribution in [1.82, 2.24) is 9.97 Å². The van der Waals surface area contributed by atoms with Crippen LogP contribution >= 0.6 is 0 Å². The molecule has 0 spiro atoms. The molecule has 0 saturated heterocycles. The predicted octanol–water partition coefficient (Wildman–Crippen LogP) is 1.77. The largest absolute Gasteiger partial charge is 0.494 e. The maximum Gasteiger partial charge on any atom is 0.308 e. The first kappa shape index (κ1) is 14.8. The molecule has 6 heteroatoms. The summed E-state index contributed by atoms with van der Waals surface area (Å²) in [7, 11) is 0. The minimum absolute atomic E-state index is 0.178. The number of hydrogen-bond donors (Lipinski definition) is 2. The number of aryl methyl sites for hydroxylation is 1. The molecular weight excluding hydrogens is 272 g/mol. The van der Waals surface area contributed by atoms with Gasteiger partial charge in [0, 0.05) is 16.8 Å². The lowest BCUT2D eigenvalue weighted by atomic mass is 10.1. The summed E-state index contributed by atoms with van der Waals surface area (Å²) < 4.78 is 5.35. The minimum atomic E-state index is -1.06. The molecule has 0 aliphatic carbocycles. The molecule has 0 fully saturated rings. The van der Waals surface area contributed by atoms with Crippen LogP contribution in [-0.4, -0.2) is 27.7 Å². The Hall–Kier alpha value is -2.63. The second kappa shape index (κ2) is 6.21. The third-order valence-corrected chi connectivity index (χ3v) is 2.99. The normalized spacial score (nSPS) is 10.4. The van der Waals surface area contributed by atoms with E-state index in [1.165, 1.54) is 0 Å². The van der Waals surface area contributed by atoms with Crippen molar-refractivity contribution in [3.8, 4) is 17.1 Å². The van der Waals surface area contributed by atoms with E-state index in [-0.39, 0.29) is 12.0 Å². The zero-order chi connectivity index (χ0) is 15.4. The number of H-pyrrole nitrogens is 1. The number of benzene rings is 1. The van der Waals surface area contributed by atoms with Crippen molar-refractivity contribution in [1.29, 1.82) is 0 Å². The molecule has 2 rings (SSSR count). The molecule has 0 unspecified atom stereocenters. The SMILES string of the molecule is CCOc1ccc(-c2nc(C)c(CC(=O)O)c(=O)[nH]2)cc1. The van der Waals surface area contributed by atoms with E-state index in [9.17, 15) is 9.59 Å². The minimum Gasteiger partial charge on any atom is -0.494 e. The highest BCUT2D eigenvalue weighted by Crippen LogP contribution is 2.19. The van der Waals surface area contributed by atoms with Gasteiger partial charge in [0.1, 0.15) is 11.6 Å². The van der Waals surface area contributed by atoms with Gasteiger partial charge in [-0.05, 0) is 38.1 Å². The fraction of sp³-hybridized carbons (Fsp3) is 0.267. The summed E-state index contributed by atoms with van der Waals surface area (Å²) in [6.45, 7) is 4.11. The van der Waals surface area contributed by atoms with Gasteiger partial charge in [0.2, 0.25) is 0 Å². The lowest BCUT2D eigenvalue weighted by Crippen LogP contribution is -2.20. The van der Waals surface area contributed by atoms with Crippen molar-refractivity contribution in [2.45, 2.75) is 20.3 Å². The first-order valence-electron chi connectivity index (χ1n) is 6.56. The van der Waals surface area contributed by atoms with Crippen LogP contribution in [0.3, 0.4) is 0 Å². The van der Waals surface area contributed by atoms with E-state index >= 15 is 0 Å². The van der Waals surface area contributed by atoms with Gasteiger partial charge >= 0.3 is 5.97 Å². The number of nitrogens with zero attached hydrogens (tertiary/aromatic N) is 1. The average molecular weight is 288 g/mol. The molecule has 2 aromatic rings. The number of rotatable bonds is 5. The van der Waals surface area contributed by atoms with Gasteiger partial charge in [0.15, 0.2) is 0 Å². The molecule has 0 aliphatic heterocycles. The number of aromatic nitrogens is 2. The Labute approximate surface area is 121 Å². The van der Waals surface area contributed by atoms with Gasteiger partial charge in [0.25, 0.3) is 5.56 Å². The lowest BCUT2D eigenvalue weighted by molar-refractivity contribution is -0.136. The fourth-order valence-corrected chi connectivity index (χ4v) is 1.98. The first-order valence-corrected chi connectivity index (χ1v) is 6.56. The Morgan fingerprint density at radius 3 is 2.52 bits per heavy atom. The molecule has 0 aliphatic rings. The molecular formula is C15H16N2O4. The van der Waals surface area contributed by atoms with Gasteiger partial charge in [-0.3, -0.25) is 9.59 Å². The van der Waals surface area contributed by atoms with E-state index < -0.39 is 11.5 Å². The molecule has 0 atom stereocenters. The summed E-state index contributed by atoms with van der Waals surface area (Å²) in [6.07, 6.45) is -0.336. The predicted molar refractivity (Wildman–Crippen MR) is 77.5 cm³/mol. The Kier molecular flexibility index (Phi) is 4.37. The Bertz CT molecular complexity index is 705. The quantitative estimate of drug-likeness (QED) is 0.874. The van der Waals surface area contributed by atoms with Crippen LogP contribution in [0, 0.1) is 6.92 Å². The summed E-state index contributed by atoms with van der Waals surface area (Å²) in [5, 5.41) is 8.79. The molecule has 0 bridgehead atoms. The number of aliphatic carboxylic acids is 1. The first-order chi connectivity index (χ1) is 10.0. The van der Waals surface area contributed by atoms with E-state index in [1.54, 1.807) is 31.2 Å². The van der Waals surface area contributed by atoms with Crippen molar-refractivity contribution in [2.75, 3.05) is 6.61 Å². The number of aromatic amines is 1. The molecule has 1 heterocycles. The van der Waals surface area contributed by atoms with E-state index in [0.29, 0.717) is 18.1 Å². The van der Waals surface area contributed by atoms with Crippen molar-refractivity contribution in [2.24, 2.45) is 0 Å². The maximum absolute atomic E-state index is 12.0. The van der Waals surface area contributed by atoms with Crippen LogP contribution in [0.25, 0.3) is 11.4 Å². The molecule has 2 N–H and O–H groups in total. The van der Waals surface area contributed by atoms with Crippen LogP contribution in [0.5, 0.6) is 5.75 Å². The summed E-state index contributed by atoms with van der Waals surface area (Å²) in [6, 6.07) is 7.16. The Balaban J connectivity index is 2.37. The fourth-order valence-electron chi connectivity index (χ4n) is 1.98. The summed E-state index contributed by atoms with van der Waals surface area (Å²) >= 11 is 0. The number of carboxylic acid groups (broad SMARTS) is 1. The number of carbonyl (C=O) groups is 1. The lowest BCUT2D eigenvalue weighted by Gasteiger charge is -2.07. The Morgan fingerprint density at radius 2 is 2.00 bits per heavy atom. The van der Waals surface area contributed by atoms with Crippen LogP contribution in [0.4, 0.5) is 0 Å². The van der Waals surface area contributed by atoms with Crippen molar-refractivity contribution in [3.05, 3.63) is 45.9 Å². The zero-order valence-electron chi connectivity index (χ0n) is 11.8. The highest BCUT2D eigenvalue weighted by Gasteiger charge is 2.12. The third kappa shape index (κ3) is 3.47. The number of hydrogen-bond acceptors (Lipinski definition) is 4. The smallest absolute Gasteiger partial charge is 0.308 e. The summed E-state index contributed by atoms with van der Waals surface area (Å²) in [5.41, 5.74) is 0.913. The third-order valence-electron chi connectivity index (χ3n) is 2.99. The average Bonchev–Trinajstić information content (AvgIpc) is 2.43. The molecule has 6 nitrogen and oxygen atoms in total. The van der Waals surface area contributed by atoms with Gasteiger partial charge in [0.05, 0.1) is 13.0 Å². The van der Waals surface area contributed by atoms with Crippen molar-refractivity contribution in [3.63, 3.8) is 0 Å². The summed E-state index contributed by atoms with van der Waals surface area (Å²) in [5.74, 6) is 0.0942. The highest BCUT2D eigenvalue weighted by atomic mass is 16.5. The second-order valence-corrected chi connectivity index (χ2v) is 4.51. The van der Waals surface area contributed by atoms with Gasteiger partial charge < -0.3 is 14.8 Å². The topological polar surface area (TPSA) is 92.3 Å².